The van der Waals surface area contributed by atoms with Crippen molar-refractivity contribution in [1.29, 1.82) is 0 Å². The first kappa shape index (κ1) is 18.7. The Morgan fingerprint density at radius 3 is 2.40 bits per heavy atom. The number of alkyl halides is 3. The van der Waals surface area contributed by atoms with Crippen LogP contribution in [0.4, 0.5) is 18.9 Å². The number of benzene rings is 1. The van der Waals surface area contributed by atoms with Gasteiger partial charge in [-0.25, -0.2) is 4.79 Å². The summed E-state index contributed by atoms with van der Waals surface area (Å²) in [4.78, 5) is 33.2. The van der Waals surface area contributed by atoms with E-state index in [1.54, 1.807) is 0 Å². The third-order valence-corrected chi connectivity index (χ3v) is 4.11. The SMILES string of the molecule is O=C(O)c1cc(C(=O)NC2CCCC(C(F)(F)F)C2)cc([N+](=O)[O-])c1. The normalized spacial score (nSPS) is 20.8. The Kier molecular flexibility index (Phi) is 5.29. The lowest BCUT2D eigenvalue weighted by atomic mass is 9.85. The number of nitrogens with zero attached hydrogens (tertiary/aromatic N) is 1. The summed E-state index contributed by atoms with van der Waals surface area (Å²) in [5.74, 6) is -3.79. The van der Waals surface area contributed by atoms with Gasteiger partial charge in [-0.05, 0) is 25.3 Å². The smallest absolute Gasteiger partial charge is 0.391 e. The minimum atomic E-state index is -4.34. The van der Waals surface area contributed by atoms with Crippen LogP contribution < -0.4 is 5.32 Å². The highest BCUT2D eigenvalue weighted by Gasteiger charge is 2.42. The van der Waals surface area contributed by atoms with E-state index in [1.807, 2.05) is 0 Å². The number of rotatable bonds is 4. The standard InChI is InChI=1S/C15H15F3N2O5/c16-15(17,18)10-2-1-3-11(7-10)19-13(21)8-4-9(14(22)23)6-12(5-8)20(24)25/h4-6,10-11H,1-3,7H2,(H,19,21)(H,22,23). The van der Waals surface area contributed by atoms with Crippen molar-refractivity contribution in [2.24, 2.45) is 5.92 Å². The highest BCUT2D eigenvalue weighted by molar-refractivity contribution is 5.98. The van der Waals surface area contributed by atoms with Crippen LogP contribution in [0.15, 0.2) is 18.2 Å². The lowest BCUT2D eigenvalue weighted by Gasteiger charge is -2.31. The van der Waals surface area contributed by atoms with Gasteiger partial charge >= 0.3 is 12.1 Å². The molecule has 2 rings (SSSR count). The molecule has 136 valence electrons. The lowest BCUT2D eigenvalue weighted by molar-refractivity contribution is -0.384. The van der Waals surface area contributed by atoms with Gasteiger partial charge in [-0.2, -0.15) is 13.2 Å². The Hall–Kier alpha value is -2.65. The van der Waals surface area contributed by atoms with Gasteiger partial charge in [0, 0.05) is 23.7 Å². The predicted molar refractivity (Wildman–Crippen MR) is 79.3 cm³/mol. The Morgan fingerprint density at radius 1 is 1.20 bits per heavy atom. The van der Waals surface area contributed by atoms with Gasteiger partial charge in [-0.1, -0.05) is 6.42 Å². The van der Waals surface area contributed by atoms with E-state index in [2.05, 4.69) is 5.32 Å². The molecule has 0 aliphatic heterocycles. The maximum Gasteiger partial charge on any atom is 0.391 e. The first-order valence-electron chi connectivity index (χ1n) is 7.48. The van der Waals surface area contributed by atoms with Crippen molar-refractivity contribution in [3.05, 3.63) is 39.4 Å². The van der Waals surface area contributed by atoms with Crippen LogP contribution in [0.3, 0.4) is 0 Å². The third kappa shape index (κ3) is 4.68. The molecule has 2 N–H and O–H groups in total. The number of carboxylic acid groups (broad SMARTS) is 1. The van der Waals surface area contributed by atoms with Gasteiger partial charge in [0.05, 0.1) is 16.4 Å². The molecular formula is C15H15F3N2O5. The zero-order chi connectivity index (χ0) is 18.8. The number of nitro groups is 1. The molecule has 0 heterocycles. The summed E-state index contributed by atoms with van der Waals surface area (Å²) in [5.41, 5.74) is -1.31. The molecule has 2 atom stereocenters. The van der Waals surface area contributed by atoms with E-state index in [4.69, 9.17) is 5.11 Å². The van der Waals surface area contributed by atoms with E-state index in [1.165, 1.54) is 0 Å². The van der Waals surface area contributed by atoms with Crippen LogP contribution in [0.1, 0.15) is 46.4 Å². The number of carboxylic acids is 1. The average molecular weight is 360 g/mol. The Morgan fingerprint density at radius 2 is 1.84 bits per heavy atom. The third-order valence-electron chi connectivity index (χ3n) is 4.11. The molecule has 1 amide bonds. The number of amides is 1. The van der Waals surface area contributed by atoms with E-state index in [0.717, 1.165) is 18.2 Å². The van der Waals surface area contributed by atoms with Crippen LogP contribution in [0.2, 0.25) is 0 Å². The number of carbonyl (C=O) groups excluding carboxylic acids is 1. The van der Waals surface area contributed by atoms with Gasteiger partial charge in [0.15, 0.2) is 0 Å². The van der Waals surface area contributed by atoms with E-state index < -0.39 is 46.2 Å². The Bertz CT molecular complexity index is 673. The summed E-state index contributed by atoms with van der Waals surface area (Å²) in [6.45, 7) is 0. The minimum Gasteiger partial charge on any atom is -0.478 e. The summed E-state index contributed by atoms with van der Waals surface area (Å²) in [5, 5.41) is 22.2. The van der Waals surface area contributed by atoms with Crippen LogP contribution in [0, 0.1) is 16.0 Å². The second-order valence-electron chi connectivity index (χ2n) is 5.91. The van der Waals surface area contributed by atoms with E-state index in [0.29, 0.717) is 12.8 Å². The molecule has 0 radical (unpaired) electrons. The second kappa shape index (κ2) is 7.08. The molecule has 0 saturated heterocycles. The van der Waals surface area contributed by atoms with Crippen molar-refractivity contribution < 1.29 is 32.8 Å². The van der Waals surface area contributed by atoms with Gasteiger partial charge in [0.1, 0.15) is 0 Å². The van der Waals surface area contributed by atoms with Crippen LogP contribution in [0.25, 0.3) is 0 Å². The number of hydrogen-bond donors (Lipinski definition) is 2. The number of hydrogen-bond acceptors (Lipinski definition) is 4. The molecule has 7 nitrogen and oxygen atoms in total. The fourth-order valence-electron chi connectivity index (χ4n) is 2.86. The maximum atomic E-state index is 12.8. The van der Waals surface area contributed by atoms with Crippen molar-refractivity contribution >= 4 is 17.6 Å². The van der Waals surface area contributed by atoms with Crippen molar-refractivity contribution in [3.63, 3.8) is 0 Å². The van der Waals surface area contributed by atoms with Crippen LogP contribution in [-0.2, 0) is 0 Å². The molecule has 25 heavy (non-hydrogen) atoms. The number of non-ortho nitro benzene ring substituents is 1. The highest BCUT2D eigenvalue weighted by Crippen LogP contribution is 2.37. The van der Waals surface area contributed by atoms with Crippen molar-refractivity contribution in [2.45, 2.75) is 37.9 Å². The van der Waals surface area contributed by atoms with E-state index in [-0.39, 0.29) is 18.4 Å². The Balaban J connectivity index is 2.17. The summed E-state index contributed by atoms with van der Waals surface area (Å²) in [6, 6.07) is 1.93. The summed E-state index contributed by atoms with van der Waals surface area (Å²) in [7, 11) is 0. The molecule has 1 aromatic rings. The summed E-state index contributed by atoms with van der Waals surface area (Å²) in [6.07, 6.45) is -3.96. The highest BCUT2D eigenvalue weighted by atomic mass is 19.4. The molecule has 1 fully saturated rings. The quantitative estimate of drug-likeness (QED) is 0.633. The zero-order valence-electron chi connectivity index (χ0n) is 12.9. The van der Waals surface area contributed by atoms with Gasteiger partial charge in [-0.3, -0.25) is 14.9 Å². The molecule has 1 aliphatic carbocycles. The van der Waals surface area contributed by atoms with Crippen molar-refractivity contribution in [1.82, 2.24) is 5.32 Å². The van der Waals surface area contributed by atoms with Crippen LogP contribution in [-0.4, -0.2) is 34.1 Å². The monoisotopic (exact) mass is 360 g/mol. The van der Waals surface area contributed by atoms with Gasteiger partial charge in [0.2, 0.25) is 0 Å². The largest absolute Gasteiger partial charge is 0.478 e. The van der Waals surface area contributed by atoms with Crippen molar-refractivity contribution in [3.8, 4) is 0 Å². The predicted octanol–water partition coefficient (Wildman–Crippen LogP) is 3.14. The van der Waals surface area contributed by atoms with E-state index in [9.17, 15) is 32.9 Å². The van der Waals surface area contributed by atoms with Gasteiger partial charge in [0.25, 0.3) is 11.6 Å². The van der Waals surface area contributed by atoms with Crippen LogP contribution >= 0.6 is 0 Å². The van der Waals surface area contributed by atoms with Crippen molar-refractivity contribution in [2.75, 3.05) is 0 Å². The Labute approximate surface area is 140 Å². The van der Waals surface area contributed by atoms with Gasteiger partial charge in [-0.15, -0.1) is 0 Å². The molecule has 1 aromatic carbocycles. The lowest BCUT2D eigenvalue weighted by Crippen LogP contribution is -2.41. The fraction of sp³-hybridized carbons (Fsp3) is 0.467. The molecule has 10 heteroatoms. The number of nitrogens with one attached hydrogen (secondary N) is 1. The van der Waals surface area contributed by atoms with Crippen LogP contribution in [0.5, 0.6) is 0 Å². The zero-order valence-corrected chi connectivity index (χ0v) is 12.9. The molecule has 0 aromatic heterocycles. The first-order chi connectivity index (χ1) is 11.6. The molecular weight excluding hydrogens is 345 g/mol. The minimum absolute atomic E-state index is 0.00413. The molecule has 0 bridgehead atoms. The molecule has 1 aliphatic rings. The summed E-state index contributed by atoms with van der Waals surface area (Å²) >= 11 is 0. The molecule has 1 saturated carbocycles. The number of carbonyl (C=O) groups is 2. The van der Waals surface area contributed by atoms with E-state index >= 15 is 0 Å². The van der Waals surface area contributed by atoms with Gasteiger partial charge < -0.3 is 10.4 Å². The first-order valence-corrected chi connectivity index (χ1v) is 7.48. The average Bonchev–Trinajstić information content (AvgIpc) is 2.53. The molecule has 2 unspecified atom stereocenters. The number of nitro benzene ring substituents is 1. The summed E-state index contributed by atoms with van der Waals surface area (Å²) < 4.78 is 38.4. The number of halogens is 3. The second-order valence-corrected chi connectivity index (χ2v) is 5.91. The number of aromatic carboxylic acids is 1. The topological polar surface area (TPSA) is 110 Å². The maximum absolute atomic E-state index is 12.8. The molecule has 0 spiro atoms. The fourth-order valence-corrected chi connectivity index (χ4v) is 2.86.